The minimum atomic E-state index is -0.586. The fraction of sp³-hybridized carbons (Fsp3) is 0.125. The number of carbonyl (C=O) groups excluding carboxylic acids is 1. The standard InChI is InChI=1S/C16H13Cl2N3O4S/c17-11-5-6-12(18)10(7-11)8-19-16(26)25-9-15(22)20-13-3-1-2-4-14(13)21(23)24/h1-7H,8-9H2,(H,19,26)(H,20,22). The van der Waals surface area contributed by atoms with Crippen LogP contribution in [-0.2, 0) is 16.1 Å². The molecule has 2 rings (SSSR count). The number of rotatable bonds is 6. The lowest BCUT2D eigenvalue weighted by molar-refractivity contribution is -0.383. The first kappa shape index (κ1) is 19.9. The maximum atomic E-state index is 11.9. The summed E-state index contributed by atoms with van der Waals surface area (Å²) in [5.74, 6) is -0.579. The van der Waals surface area contributed by atoms with Crippen molar-refractivity contribution in [2.75, 3.05) is 11.9 Å². The molecule has 0 heterocycles. The van der Waals surface area contributed by atoms with E-state index in [0.29, 0.717) is 10.0 Å². The molecule has 0 saturated heterocycles. The van der Waals surface area contributed by atoms with Gasteiger partial charge in [-0.25, -0.2) is 0 Å². The summed E-state index contributed by atoms with van der Waals surface area (Å²) in [7, 11) is 0. The van der Waals surface area contributed by atoms with Crippen LogP contribution in [0.15, 0.2) is 42.5 Å². The molecule has 0 atom stereocenters. The van der Waals surface area contributed by atoms with Crippen LogP contribution in [0.4, 0.5) is 11.4 Å². The smallest absolute Gasteiger partial charge is 0.292 e. The van der Waals surface area contributed by atoms with Crippen LogP contribution in [0.3, 0.4) is 0 Å². The Labute approximate surface area is 164 Å². The molecular weight excluding hydrogens is 401 g/mol. The Balaban J connectivity index is 1.83. The molecule has 2 aromatic rings. The molecule has 1 amide bonds. The van der Waals surface area contributed by atoms with Crippen molar-refractivity contribution in [3.8, 4) is 0 Å². The normalized spacial score (nSPS) is 10.1. The Morgan fingerprint density at radius 2 is 1.96 bits per heavy atom. The van der Waals surface area contributed by atoms with E-state index in [1.165, 1.54) is 18.2 Å². The van der Waals surface area contributed by atoms with Gasteiger partial charge in [-0.1, -0.05) is 35.3 Å². The predicted molar refractivity (Wildman–Crippen MR) is 104 cm³/mol. The van der Waals surface area contributed by atoms with E-state index < -0.39 is 17.4 Å². The fourth-order valence-corrected chi connectivity index (χ4v) is 2.46. The number of nitro groups is 1. The molecule has 0 unspecified atom stereocenters. The largest absolute Gasteiger partial charge is 0.461 e. The summed E-state index contributed by atoms with van der Waals surface area (Å²) in [6, 6.07) is 10.8. The molecule has 0 fully saturated rings. The molecule has 26 heavy (non-hydrogen) atoms. The van der Waals surface area contributed by atoms with E-state index in [2.05, 4.69) is 10.6 Å². The van der Waals surface area contributed by atoms with E-state index in [1.807, 2.05) is 0 Å². The van der Waals surface area contributed by atoms with Gasteiger partial charge in [-0.15, -0.1) is 0 Å². The number of carbonyl (C=O) groups is 1. The lowest BCUT2D eigenvalue weighted by atomic mass is 10.2. The molecule has 136 valence electrons. The lowest BCUT2D eigenvalue weighted by Gasteiger charge is -2.11. The Morgan fingerprint density at radius 3 is 2.69 bits per heavy atom. The van der Waals surface area contributed by atoms with Crippen LogP contribution < -0.4 is 10.6 Å². The highest BCUT2D eigenvalue weighted by Crippen LogP contribution is 2.23. The van der Waals surface area contributed by atoms with E-state index in [0.717, 1.165) is 5.56 Å². The van der Waals surface area contributed by atoms with Crippen LogP contribution in [0.1, 0.15) is 5.56 Å². The Bertz CT molecular complexity index is 848. The monoisotopic (exact) mass is 413 g/mol. The van der Waals surface area contributed by atoms with Crippen LogP contribution in [-0.4, -0.2) is 22.6 Å². The summed E-state index contributed by atoms with van der Waals surface area (Å²) in [5, 5.41) is 17.1. The van der Waals surface area contributed by atoms with E-state index in [9.17, 15) is 14.9 Å². The number of hydrogen-bond acceptors (Lipinski definition) is 5. The van der Waals surface area contributed by atoms with Crippen molar-refractivity contribution in [3.05, 3.63) is 68.2 Å². The number of thiocarbonyl (C=S) groups is 1. The highest BCUT2D eigenvalue weighted by molar-refractivity contribution is 7.80. The quantitative estimate of drug-likeness (QED) is 0.423. The Morgan fingerprint density at radius 1 is 1.23 bits per heavy atom. The molecule has 0 radical (unpaired) electrons. The second kappa shape index (κ2) is 9.33. The molecule has 0 aromatic heterocycles. The third-order valence-corrected chi connectivity index (χ3v) is 4.01. The number of nitro benzene ring substituents is 1. The van der Waals surface area contributed by atoms with Crippen LogP contribution in [0, 0.1) is 10.1 Å². The van der Waals surface area contributed by atoms with Crippen molar-refractivity contribution in [3.63, 3.8) is 0 Å². The third-order valence-electron chi connectivity index (χ3n) is 3.14. The Kier molecular flexibility index (Phi) is 7.14. The summed E-state index contributed by atoms with van der Waals surface area (Å²) in [4.78, 5) is 22.2. The first-order chi connectivity index (χ1) is 12.4. The minimum Gasteiger partial charge on any atom is -0.461 e. The van der Waals surface area contributed by atoms with Gasteiger partial charge < -0.3 is 15.4 Å². The molecule has 0 aliphatic heterocycles. The molecule has 7 nitrogen and oxygen atoms in total. The molecule has 0 spiro atoms. The topological polar surface area (TPSA) is 93.5 Å². The van der Waals surface area contributed by atoms with Crippen LogP contribution in [0.2, 0.25) is 10.0 Å². The van der Waals surface area contributed by atoms with Crippen molar-refractivity contribution in [2.45, 2.75) is 6.54 Å². The van der Waals surface area contributed by atoms with Gasteiger partial charge in [0.25, 0.3) is 16.8 Å². The summed E-state index contributed by atoms with van der Waals surface area (Å²) in [6.07, 6.45) is 0. The maximum Gasteiger partial charge on any atom is 0.292 e. The van der Waals surface area contributed by atoms with Gasteiger partial charge in [-0.05, 0) is 42.0 Å². The van der Waals surface area contributed by atoms with E-state index >= 15 is 0 Å². The molecule has 0 bridgehead atoms. The van der Waals surface area contributed by atoms with Gasteiger partial charge in [0.15, 0.2) is 6.61 Å². The van der Waals surface area contributed by atoms with Gasteiger partial charge in [0, 0.05) is 22.7 Å². The van der Waals surface area contributed by atoms with E-state index in [-0.39, 0.29) is 23.1 Å². The molecule has 0 saturated carbocycles. The molecule has 0 aliphatic carbocycles. The number of benzene rings is 2. The van der Waals surface area contributed by atoms with Crippen molar-refractivity contribution in [1.82, 2.24) is 5.32 Å². The van der Waals surface area contributed by atoms with Crippen molar-refractivity contribution in [2.24, 2.45) is 0 Å². The van der Waals surface area contributed by atoms with Crippen molar-refractivity contribution in [1.29, 1.82) is 0 Å². The van der Waals surface area contributed by atoms with Crippen molar-refractivity contribution < 1.29 is 14.5 Å². The molecule has 2 aromatic carbocycles. The summed E-state index contributed by atoms with van der Waals surface area (Å²) < 4.78 is 5.13. The SMILES string of the molecule is O=C(COC(=S)NCc1cc(Cl)ccc1Cl)Nc1ccccc1[N+](=O)[O-]. The number of nitrogens with zero attached hydrogens (tertiary/aromatic N) is 1. The van der Waals surface area contributed by atoms with Crippen LogP contribution in [0.5, 0.6) is 0 Å². The van der Waals surface area contributed by atoms with Gasteiger partial charge in [0.1, 0.15) is 5.69 Å². The number of anilines is 1. The van der Waals surface area contributed by atoms with Crippen molar-refractivity contribution >= 4 is 57.9 Å². The zero-order chi connectivity index (χ0) is 19.1. The minimum absolute atomic E-state index is 0.0150. The number of amides is 1. The summed E-state index contributed by atoms with van der Waals surface area (Å²) in [5.41, 5.74) is 0.585. The predicted octanol–water partition coefficient (Wildman–Crippen LogP) is 3.93. The van der Waals surface area contributed by atoms with Gasteiger partial charge in [0.05, 0.1) is 4.92 Å². The van der Waals surface area contributed by atoms with Crippen LogP contribution in [0.25, 0.3) is 0 Å². The average Bonchev–Trinajstić information content (AvgIpc) is 2.61. The number of ether oxygens (including phenoxy) is 1. The third kappa shape index (κ3) is 5.83. The first-order valence-electron chi connectivity index (χ1n) is 7.24. The van der Waals surface area contributed by atoms with E-state index in [1.54, 1.807) is 24.3 Å². The number of para-hydroxylation sites is 2. The van der Waals surface area contributed by atoms with E-state index in [4.69, 9.17) is 40.2 Å². The van der Waals surface area contributed by atoms with Crippen LogP contribution >= 0.6 is 35.4 Å². The number of halogens is 2. The zero-order valence-corrected chi connectivity index (χ0v) is 15.5. The van der Waals surface area contributed by atoms with Gasteiger partial charge in [-0.2, -0.15) is 0 Å². The summed E-state index contributed by atoms with van der Waals surface area (Å²) in [6.45, 7) is -0.134. The molecule has 0 aliphatic rings. The molecule has 2 N–H and O–H groups in total. The fourth-order valence-electron chi connectivity index (χ4n) is 1.95. The Hall–Kier alpha value is -2.42. The summed E-state index contributed by atoms with van der Waals surface area (Å²) >= 11 is 16.9. The highest BCUT2D eigenvalue weighted by atomic mass is 35.5. The second-order valence-electron chi connectivity index (χ2n) is 4.99. The average molecular weight is 414 g/mol. The van der Waals surface area contributed by atoms with Gasteiger partial charge >= 0.3 is 0 Å². The van der Waals surface area contributed by atoms with Gasteiger partial charge in [0.2, 0.25) is 0 Å². The highest BCUT2D eigenvalue weighted by Gasteiger charge is 2.15. The lowest BCUT2D eigenvalue weighted by Crippen LogP contribution is -2.28. The number of nitrogens with one attached hydrogen (secondary N) is 2. The second-order valence-corrected chi connectivity index (χ2v) is 6.20. The molecular formula is C16H13Cl2N3O4S. The number of hydrogen-bond donors (Lipinski definition) is 2. The maximum absolute atomic E-state index is 11.9. The first-order valence-corrected chi connectivity index (χ1v) is 8.41. The molecule has 10 heteroatoms. The van der Waals surface area contributed by atoms with Gasteiger partial charge in [-0.3, -0.25) is 14.9 Å². The zero-order valence-electron chi connectivity index (χ0n) is 13.2.